The summed E-state index contributed by atoms with van der Waals surface area (Å²) in [6.45, 7) is 0.495. The lowest BCUT2D eigenvalue weighted by Gasteiger charge is -2.33. The van der Waals surface area contributed by atoms with Crippen molar-refractivity contribution in [2.45, 2.75) is 51.1 Å². The van der Waals surface area contributed by atoms with Crippen molar-refractivity contribution in [2.75, 3.05) is 26.2 Å². The topological polar surface area (TPSA) is 41.4 Å². The van der Waals surface area contributed by atoms with Crippen LogP contribution in [0.1, 0.15) is 55.6 Å². The molecule has 0 spiro atoms. The summed E-state index contributed by atoms with van der Waals surface area (Å²) >= 11 is 0. The van der Waals surface area contributed by atoms with Gasteiger partial charge in [0.15, 0.2) is 5.69 Å². The number of carbonyl (C=O) groups excluding carboxylic acids is 1. The molecule has 5 nitrogen and oxygen atoms in total. The first-order valence-electron chi connectivity index (χ1n) is 8.52. The average molecular weight is 326 g/mol. The van der Waals surface area contributed by atoms with Gasteiger partial charge in [-0.1, -0.05) is 19.3 Å². The van der Waals surface area contributed by atoms with E-state index in [0.717, 1.165) is 25.7 Å². The van der Waals surface area contributed by atoms with Gasteiger partial charge in [0.2, 0.25) is 0 Å². The highest BCUT2D eigenvalue weighted by molar-refractivity contribution is 5.92. The van der Waals surface area contributed by atoms with Gasteiger partial charge in [-0.15, -0.1) is 0 Å². The Kier molecular flexibility index (Phi) is 5.25. The van der Waals surface area contributed by atoms with Crippen LogP contribution < -0.4 is 0 Å². The molecule has 2 heterocycles. The standard InChI is InChI=1S/C16H24F2N4O/c17-16(18)22-10-7-14(19-22)15(23)21-9-4-8-20(11-12-21)13-5-2-1-3-6-13/h7,10,13,16H,1-6,8-9,11-12H2. The number of rotatable bonds is 3. The number of nitrogens with zero attached hydrogens (tertiary/aromatic N) is 4. The molecule has 0 aromatic carbocycles. The fraction of sp³-hybridized carbons (Fsp3) is 0.750. The van der Waals surface area contributed by atoms with E-state index in [1.165, 1.54) is 38.2 Å². The van der Waals surface area contributed by atoms with Gasteiger partial charge in [0.1, 0.15) is 0 Å². The highest BCUT2D eigenvalue weighted by Gasteiger charge is 2.26. The number of halogens is 2. The van der Waals surface area contributed by atoms with E-state index in [0.29, 0.717) is 23.8 Å². The van der Waals surface area contributed by atoms with Gasteiger partial charge in [0, 0.05) is 38.4 Å². The van der Waals surface area contributed by atoms with Crippen molar-refractivity contribution < 1.29 is 13.6 Å². The molecule has 128 valence electrons. The summed E-state index contributed by atoms with van der Waals surface area (Å²) in [6, 6.07) is 2.02. The van der Waals surface area contributed by atoms with Crippen LogP contribution in [0.25, 0.3) is 0 Å². The zero-order chi connectivity index (χ0) is 16.2. The van der Waals surface area contributed by atoms with Crippen LogP contribution in [0.5, 0.6) is 0 Å². The van der Waals surface area contributed by atoms with Crippen molar-refractivity contribution >= 4 is 5.91 Å². The largest absolute Gasteiger partial charge is 0.336 e. The predicted molar refractivity (Wildman–Crippen MR) is 82.4 cm³/mol. The molecule has 0 atom stereocenters. The Balaban J connectivity index is 1.59. The SMILES string of the molecule is O=C(c1ccn(C(F)F)n1)N1CCCN(C2CCCCC2)CC1. The van der Waals surface area contributed by atoms with Gasteiger partial charge in [-0.05, 0) is 25.3 Å². The maximum atomic E-state index is 12.6. The highest BCUT2D eigenvalue weighted by atomic mass is 19.3. The highest BCUT2D eigenvalue weighted by Crippen LogP contribution is 2.23. The lowest BCUT2D eigenvalue weighted by atomic mass is 9.94. The molecule has 2 aliphatic rings. The van der Waals surface area contributed by atoms with Crippen molar-refractivity contribution in [2.24, 2.45) is 0 Å². The number of alkyl halides is 2. The van der Waals surface area contributed by atoms with Crippen molar-refractivity contribution in [3.8, 4) is 0 Å². The van der Waals surface area contributed by atoms with Crippen molar-refractivity contribution in [1.29, 1.82) is 0 Å². The van der Waals surface area contributed by atoms with Crippen LogP contribution in [0, 0.1) is 0 Å². The molecule has 0 bridgehead atoms. The fourth-order valence-corrected chi connectivity index (χ4v) is 3.67. The first kappa shape index (κ1) is 16.4. The quantitative estimate of drug-likeness (QED) is 0.858. The van der Waals surface area contributed by atoms with Crippen molar-refractivity contribution in [1.82, 2.24) is 19.6 Å². The molecular formula is C16H24F2N4O. The second kappa shape index (κ2) is 7.38. The van der Waals surface area contributed by atoms with Crippen LogP contribution in [0.2, 0.25) is 0 Å². The van der Waals surface area contributed by atoms with Gasteiger partial charge in [0.05, 0.1) is 0 Å². The maximum absolute atomic E-state index is 12.6. The van der Waals surface area contributed by atoms with Crippen molar-refractivity contribution in [3.05, 3.63) is 18.0 Å². The van der Waals surface area contributed by atoms with Gasteiger partial charge >= 0.3 is 6.55 Å². The zero-order valence-corrected chi connectivity index (χ0v) is 13.3. The third kappa shape index (κ3) is 3.88. The van der Waals surface area contributed by atoms with Crippen LogP contribution in [-0.2, 0) is 0 Å². The Hall–Kier alpha value is -1.50. The van der Waals surface area contributed by atoms with E-state index in [-0.39, 0.29) is 11.6 Å². The Labute approximate surface area is 135 Å². The van der Waals surface area contributed by atoms with E-state index in [2.05, 4.69) is 10.00 Å². The molecule has 0 radical (unpaired) electrons. The molecule has 0 N–H and O–H groups in total. The molecule has 1 aliphatic heterocycles. The predicted octanol–water partition coefficient (Wildman–Crippen LogP) is 2.76. The number of hydrogen-bond donors (Lipinski definition) is 0. The zero-order valence-electron chi connectivity index (χ0n) is 13.3. The first-order valence-corrected chi connectivity index (χ1v) is 8.52. The molecule has 0 unspecified atom stereocenters. The number of amides is 1. The summed E-state index contributed by atoms with van der Waals surface area (Å²) in [5, 5.41) is 3.69. The second-order valence-electron chi connectivity index (χ2n) is 6.43. The minimum atomic E-state index is -2.71. The molecule has 3 rings (SSSR count). The van der Waals surface area contributed by atoms with Crippen LogP contribution in [0.4, 0.5) is 8.78 Å². The summed E-state index contributed by atoms with van der Waals surface area (Å²) in [5.41, 5.74) is 0.108. The molecule has 1 saturated heterocycles. The van der Waals surface area contributed by atoms with Crippen LogP contribution in [-0.4, -0.2) is 57.7 Å². The summed E-state index contributed by atoms with van der Waals surface area (Å²) < 4.78 is 25.7. The molecule has 1 aromatic rings. The van der Waals surface area contributed by atoms with E-state index < -0.39 is 6.55 Å². The summed E-state index contributed by atoms with van der Waals surface area (Å²) in [5.74, 6) is -0.241. The summed E-state index contributed by atoms with van der Waals surface area (Å²) in [4.78, 5) is 16.7. The molecule has 1 aliphatic carbocycles. The van der Waals surface area contributed by atoms with E-state index in [9.17, 15) is 13.6 Å². The van der Waals surface area contributed by atoms with E-state index in [4.69, 9.17) is 0 Å². The molecule has 7 heteroatoms. The Morgan fingerprint density at radius 3 is 2.57 bits per heavy atom. The molecule has 2 fully saturated rings. The Bertz CT molecular complexity index is 528. The van der Waals surface area contributed by atoms with E-state index >= 15 is 0 Å². The third-order valence-electron chi connectivity index (χ3n) is 4.94. The van der Waals surface area contributed by atoms with Crippen LogP contribution in [0.3, 0.4) is 0 Å². The van der Waals surface area contributed by atoms with Crippen LogP contribution >= 0.6 is 0 Å². The molecular weight excluding hydrogens is 302 g/mol. The molecule has 1 amide bonds. The minimum Gasteiger partial charge on any atom is -0.336 e. The minimum absolute atomic E-state index is 0.108. The Morgan fingerprint density at radius 1 is 1.09 bits per heavy atom. The average Bonchev–Trinajstić information content (AvgIpc) is 2.94. The number of aromatic nitrogens is 2. The fourth-order valence-electron chi connectivity index (χ4n) is 3.67. The normalized spacial score (nSPS) is 21.6. The van der Waals surface area contributed by atoms with Gasteiger partial charge in [-0.2, -0.15) is 13.9 Å². The number of carbonyl (C=O) groups is 1. The molecule has 23 heavy (non-hydrogen) atoms. The summed E-state index contributed by atoms with van der Waals surface area (Å²) in [6.07, 6.45) is 8.53. The van der Waals surface area contributed by atoms with Crippen molar-refractivity contribution in [3.63, 3.8) is 0 Å². The van der Waals surface area contributed by atoms with Gasteiger partial charge < -0.3 is 4.90 Å². The maximum Gasteiger partial charge on any atom is 0.333 e. The van der Waals surface area contributed by atoms with E-state index in [1.54, 1.807) is 4.90 Å². The molecule has 1 aromatic heterocycles. The van der Waals surface area contributed by atoms with Gasteiger partial charge in [-0.3, -0.25) is 9.69 Å². The third-order valence-corrected chi connectivity index (χ3v) is 4.94. The molecule has 1 saturated carbocycles. The lowest BCUT2D eigenvalue weighted by molar-refractivity contribution is 0.0551. The van der Waals surface area contributed by atoms with Crippen LogP contribution in [0.15, 0.2) is 12.3 Å². The van der Waals surface area contributed by atoms with E-state index in [1.807, 2.05) is 0 Å². The van der Waals surface area contributed by atoms with Gasteiger partial charge in [0.25, 0.3) is 5.91 Å². The first-order chi connectivity index (χ1) is 11.1. The van der Waals surface area contributed by atoms with Gasteiger partial charge in [-0.25, -0.2) is 4.68 Å². The lowest BCUT2D eigenvalue weighted by Crippen LogP contribution is -2.40. The monoisotopic (exact) mass is 326 g/mol. The smallest absolute Gasteiger partial charge is 0.333 e. The second-order valence-corrected chi connectivity index (χ2v) is 6.43. The number of hydrogen-bond acceptors (Lipinski definition) is 3. The summed E-state index contributed by atoms with van der Waals surface area (Å²) in [7, 11) is 0. The Morgan fingerprint density at radius 2 is 1.87 bits per heavy atom.